The van der Waals surface area contributed by atoms with Crippen molar-refractivity contribution >= 4 is 54.3 Å². The molecule has 0 saturated heterocycles. The Morgan fingerprint density at radius 1 is 0.423 bits per heavy atom. The van der Waals surface area contributed by atoms with Crippen molar-refractivity contribution in [3.05, 3.63) is 163 Å². The van der Waals surface area contributed by atoms with E-state index in [0.717, 1.165) is 44.0 Å². The molecule has 0 radical (unpaired) electrons. The van der Waals surface area contributed by atoms with Crippen LogP contribution in [-0.4, -0.2) is 15.0 Å². The van der Waals surface area contributed by atoms with E-state index >= 15 is 0 Å². The highest BCUT2D eigenvalue weighted by Gasteiger charge is 2.37. The van der Waals surface area contributed by atoms with Gasteiger partial charge in [-0.3, -0.25) is 0 Å². The van der Waals surface area contributed by atoms with Crippen LogP contribution in [0.1, 0.15) is 25.0 Å². The van der Waals surface area contributed by atoms with Crippen LogP contribution in [0.3, 0.4) is 0 Å². The van der Waals surface area contributed by atoms with Gasteiger partial charge in [-0.05, 0) is 78.8 Å². The van der Waals surface area contributed by atoms with Gasteiger partial charge in [-0.15, -0.1) is 0 Å². The molecule has 4 nitrogen and oxygen atoms in total. The zero-order chi connectivity index (χ0) is 34.6. The summed E-state index contributed by atoms with van der Waals surface area (Å²) in [6.07, 6.45) is 0. The fraction of sp³-hybridized carbons (Fsp3) is 0.0625. The highest BCUT2D eigenvalue weighted by atomic mass is 16.3. The van der Waals surface area contributed by atoms with Crippen LogP contribution in [0.5, 0.6) is 0 Å². The van der Waals surface area contributed by atoms with E-state index in [2.05, 4.69) is 111 Å². The van der Waals surface area contributed by atoms with E-state index < -0.39 is 0 Å². The van der Waals surface area contributed by atoms with Gasteiger partial charge in [0.2, 0.25) is 0 Å². The lowest BCUT2D eigenvalue weighted by molar-refractivity contribution is 0.666. The molecule has 0 aliphatic heterocycles. The van der Waals surface area contributed by atoms with Crippen molar-refractivity contribution in [3.8, 4) is 45.3 Å². The maximum atomic E-state index is 6.25. The molecule has 0 bridgehead atoms. The van der Waals surface area contributed by atoms with Crippen molar-refractivity contribution in [1.82, 2.24) is 15.0 Å². The smallest absolute Gasteiger partial charge is 0.164 e. The first-order chi connectivity index (χ1) is 25.5. The molecule has 52 heavy (non-hydrogen) atoms. The van der Waals surface area contributed by atoms with Crippen molar-refractivity contribution < 1.29 is 4.42 Å². The zero-order valence-corrected chi connectivity index (χ0v) is 28.7. The van der Waals surface area contributed by atoms with Crippen molar-refractivity contribution in [3.63, 3.8) is 0 Å². The molecular weight excluding hydrogens is 635 g/mol. The molecule has 0 N–H and O–H groups in total. The van der Waals surface area contributed by atoms with Gasteiger partial charge in [-0.1, -0.05) is 141 Å². The molecular formula is C48H31N3O. The Kier molecular flexibility index (Phi) is 5.98. The molecule has 10 aromatic rings. The van der Waals surface area contributed by atoms with E-state index in [-0.39, 0.29) is 5.41 Å². The number of hydrogen-bond acceptors (Lipinski definition) is 4. The third-order valence-electron chi connectivity index (χ3n) is 11.1. The molecule has 244 valence electrons. The molecule has 2 aromatic heterocycles. The maximum absolute atomic E-state index is 6.25. The monoisotopic (exact) mass is 665 g/mol. The van der Waals surface area contributed by atoms with Crippen LogP contribution in [0.2, 0.25) is 0 Å². The second kappa shape index (κ2) is 10.7. The van der Waals surface area contributed by atoms with Crippen LogP contribution in [0, 0.1) is 0 Å². The molecule has 0 spiro atoms. The van der Waals surface area contributed by atoms with Crippen LogP contribution in [0.4, 0.5) is 0 Å². The summed E-state index contributed by atoms with van der Waals surface area (Å²) in [5.41, 5.74) is 9.77. The molecule has 11 rings (SSSR count). The van der Waals surface area contributed by atoms with E-state index in [0.29, 0.717) is 17.5 Å². The van der Waals surface area contributed by atoms with Crippen LogP contribution < -0.4 is 0 Å². The van der Waals surface area contributed by atoms with Crippen LogP contribution in [0.25, 0.3) is 99.5 Å². The van der Waals surface area contributed by atoms with Crippen molar-refractivity contribution in [1.29, 1.82) is 0 Å². The Bertz CT molecular complexity index is 3100. The number of benzene rings is 8. The van der Waals surface area contributed by atoms with Gasteiger partial charge in [0.05, 0.1) is 0 Å². The minimum absolute atomic E-state index is 0.123. The van der Waals surface area contributed by atoms with Gasteiger partial charge in [0.15, 0.2) is 17.5 Å². The van der Waals surface area contributed by atoms with Crippen molar-refractivity contribution in [2.75, 3.05) is 0 Å². The van der Waals surface area contributed by atoms with Gasteiger partial charge < -0.3 is 4.42 Å². The predicted octanol–water partition coefficient (Wildman–Crippen LogP) is 12.5. The first-order valence-electron chi connectivity index (χ1n) is 17.8. The molecule has 2 heterocycles. The van der Waals surface area contributed by atoms with Crippen LogP contribution in [-0.2, 0) is 5.41 Å². The molecule has 8 aromatic carbocycles. The third kappa shape index (κ3) is 4.18. The molecule has 0 atom stereocenters. The zero-order valence-electron chi connectivity index (χ0n) is 28.7. The summed E-state index contributed by atoms with van der Waals surface area (Å²) in [6, 6.07) is 53.6. The Morgan fingerprint density at radius 2 is 1.02 bits per heavy atom. The number of furan rings is 1. The summed E-state index contributed by atoms with van der Waals surface area (Å²) in [5, 5.41) is 9.67. The third-order valence-corrected chi connectivity index (χ3v) is 11.1. The molecule has 1 aliphatic carbocycles. The number of fused-ring (bicyclic) bond motifs is 12. The largest absolute Gasteiger partial charge is 0.456 e. The fourth-order valence-electron chi connectivity index (χ4n) is 8.60. The summed E-state index contributed by atoms with van der Waals surface area (Å²) in [4.78, 5) is 15.2. The summed E-state index contributed by atoms with van der Waals surface area (Å²) in [5.74, 6) is 1.87. The first kappa shape index (κ1) is 29.1. The lowest BCUT2D eigenvalue weighted by Gasteiger charge is -2.24. The lowest BCUT2D eigenvalue weighted by Crippen LogP contribution is -2.15. The second-order valence-corrected chi connectivity index (χ2v) is 14.4. The average molecular weight is 666 g/mol. The van der Waals surface area contributed by atoms with Gasteiger partial charge in [0.1, 0.15) is 11.2 Å². The summed E-state index contributed by atoms with van der Waals surface area (Å²) in [6.45, 7) is 4.74. The molecule has 0 unspecified atom stereocenters. The summed E-state index contributed by atoms with van der Waals surface area (Å²) in [7, 11) is 0. The highest BCUT2D eigenvalue weighted by molar-refractivity contribution is 6.23. The Labute approximate surface area is 300 Å². The standard InChI is InChI=1S/C48H31N3O/c1-48(2)39-14-8-6-12-35(39)38-25-20-29-17-16-28-18-19-31-26-32(21-23-34(31)42(28)43(29)44(38)48)46-49-45(30-10-4-3-5-11-30)50-47(51-46)33-22-24-37-36-13-7-9-15-40(36)52-41(37)27-33/h3-27H,1-2H3. The number of nitrogens with zero attached hydrogens (tertiary/aromatic N) is 3. The maximum Gasteiger partial charge on any atom is 0.164 e. The number of rotatable bonds is 3. The topological polar surface area (TPSA) is 51.8 Å². The Morgan fingerprint density at radius 3 is 1.83 bits per heavy atom. The van der Waals surface area contributed by atoms with Crippen molar-refractivity contribution in [2.24, 2.45) is 0 Å². The molecule has 0 fully saturated rings. The van der Waals surface area contributed by atoms with E-state index in [1.165, 1.54) is 49.2 Å². The van der Waals surface area contributed by atoms with Crippen LogP contribution in [0.15, 0.2) is 156 Å². The Balaban J connectivity index is 1.12. The highest BCUT2D eigenvalue weighted by Crippen LogP contribution is 2.53. The Hall–Kier alpha value is -6.65. The minimum Gasteiger partial charge on any atom is -0.456 e. The molecule has 0 saturated carbocycles. The normalized spacial score (nSPS) is 13.3. The quantitative estimate of drug-likeness (QED) is 0.176. The van der Waals surface area contributed by atoms with Gasteiger partial charge in [0, 0.05) is 32.9 Å². The molecule has 0 amide bonds. The van der Waals surface area contributed by atoms with Crippen LogP contribution >= 0.6 is 0 Å². The number of hydrogen-bond donors (Lipinski definition) is 0. The predicted molar refractivity (Wildman–Crippen MR) is 213 cm³/mol. The molecule has 1 aliphatic rings. The number of para-hydroxylation sites is 1. The summed E-state index contributed by atoms with van der Waals surface area (Å²) < 4.78 is 6.25. The SMILES string of the molecule is CC1(C)c2ccccc2-c2ccc3ccc4ccc5cc(-c6nc(-c7ccccc7)nc(-c7ccc8c(c7)oc7ccccc78)n6)ccc5c4c3c21. The van der Waals surface area contributed by atoms with E-state index in [4.69, 9.17) is 19.4 Å². The minimum atomic E-state index is -0.123. The van der Waals surface area contributed by atoms with E-state index in [1.54, 1.807) is 0 Å². The lowest BCUT2D eigenvalue weighted by atomic mass is 9.79. The van der Waals surface area contributed by atoms with E-state index in [1.807, 2.05) is 54.6 Å². The van der Waals surface area contributed by atoms with Gasteiger partial charge in [-0.2, -0.15) is 0 Å². The van der Waals surface area contributed by atoms with E-state index in [9.17, 15) is 0 Å². The van der Waals surface area contributed by atoms with Gasteiger partial charge >= 0.3 is 0 Å². The second-order valence-electron chi connectivity index (χ2n) is 14.4. The summed E-state index contributed by atoms with van der Waals surface area (Å²) >= 11 is 0. The average Bonchev–Trinajstić information content (AvgIpc) is 3.69. The molecule has 4 heteroatoms. The van der Waals surface area contributed by atoms with Gasteiger partial charge in [-0.25, -0.2) is 15.0 Å². The first-order valence-corrected chi connectivity index (χ1v) is 17.8. The number of aromatic nitrogens is 3. The fourth-order valence-corrected chi connectivity index (χ4v) is 8.60. The van der Waals surface area contributed by atoms with Gasteiger partial charge in [0.25, 0.3) is 0 Å². The van der Waals surface area contributed by atoms with Crippen molar-refractivity contribution in [2.45, 2.75) is 19.3 Å².